The molecule has 0 aliphatic heterocycles. The Morgan fingerprint density at radius 1 is 1.08 bits per heavy atom. The number of halogens is 1. The van der Waals surface area contributed by atoms with Crippen LogP contribution < -0.4 is 11.1 Å². The zero-order chi connectivity index (χ0) is 16.7. The van der Waals surface area contributed by atoms with Gasteiger partial charge in [-0.15, -0.1) is 12.4 Å². The molecular formula is C20H27ClN2O. The molecule has 2 rings (SSSR count). The van der Waals surface area contributed by atoms with Gasteiger partial charge in [-0.25, -0.2) is 0 Å². The molecule has 4 heteroatoms. The van der Waals surface area contributed by atoms with E-state index in [-0.39, 0.29) is 24.4 Å². The van der Waals surface area contributed by atoms with Crippen LogP contribution in [-0.4, -0.2) is 11.9 Å². The van der Waals surface area contributed by atoms with Gasteiger partial charge in [-0.1, -0.05) is 74.0 Å². The van der Waals surface area contributed by atoms with Crippen molar-refractivity contribution in [3.8, 4) is 0 Å². The second kappa shape index (κ2) is 9.45. The molecule has 0 heterocycles. The maximum absolute atomic E-state index is 12.7. The fraction of sp³-hybridized carbons (Fsp3) is 0.350. The number of amides is 1. The summed E-state index contributed by atoms with van der Waals surface area (Å²) < 4.78 is 0. The van der Waals surface area contributed by atoms with Crippen LogP contribution in [-0.2, 0) is 16.8 Å². The smallest absolute Gasteiger partial charge is 0.244 e. The number of benzene rings is 2. The van der Waals surface area contributed by atoms with Crippen LogP contribution in [0.1, 0.15) is 37.8 Å². The second-order valence-corrected chi connectivity index (χ2v) is 6.22. The molecule has 3 N–H and O–H groups in total. The van der Waals surface area contributed by atoms with E-state index < -0.39 is 5.54 Å². The minimum absolute atomic E-state index is 0. The molecule has 0 fully saturated rings. The van der Waals surface area contributed by atoms with Gasteiger partial charge in [0.15, 0.2) is 0 Å². The molecule has 0 aromatic heterocycles. The Bertz CT molecular complexity index is 614. The summed E-state index contributed by atoms with van der Waals surface area (Å²) in [6, 6.07) is 19.9. The molecular weight excluding hydrogens is 320 g/mol. The molecule has 130 valence electrons. The van der Waals surface area contributed by atoms with Crippen molar-refractivity contribution in [2.24, 2.45) is 5.73 Å². The summed E-state index contributed by atoms with van der Waals surface area (Å²) in [4.78, 5) is 12.7. The molecule has 2 atom stereocenters. The molecule has 1 amide bonds. The van der Waals surface area contributed by atoms with Gasteiger partial charge in [0.05, 0.1) is 0 Å². The molecule has 0 aliphatic rings. The monoisotopic (exact) mass is 346 g/mol. The SMILES string of the molecule is CCCC(Cc1ccccc1)NC(=O)C(C)(N)c1ccccc1.Cl. The van der Waals surface area contributed by atoms with Crippen LogP contribution in [0.25, 0.3) is 0 Å². The van der Waals surface area contributed by atoms with E-state index in [2.05, 4.69) is 24.4 Å². The van der Waals surface area contributed by atoms with Crippen LogP contribution in [0.3, 0.4) is 0 Å². The molecule has 0 radical (unpaired) electrons. The summed E-state index contributed by atoms with van der Waals surface area (Å²) >= 11 is 0. The van der Waals surface area contributed by atoms with Crippen molar-refractivity contribution in [2.45, 2.75) is 44.7 Å². The number of carbonyl (C=O) groups excluding carboxylic acids is 1. The van der Waals surface area contributed by atoms with E-state index >= 15 is 0 Å². The highest BCUT2D eigenvalue weighted by molar-refractivity contribution is 5.87. The fourth-order valence-corrected chi connectivity index (χ4v) is 2.72. The number of nitrogens with one attached hydrogen (secondary N) is 1. The lowest BCUT2D eigenvalue weighted by molar-refractivity contribution is -0.126. The van der Waals surface area contributed by atoms with Crippen LogP contribution >= 0.6 is 12.4 Å². The van der Waals surface area contributed by atoms with Crippen LogP contribution in [0.15, 0.2) is 60.7 Å². The summed E-state index contributed by atoms with van der Waals surface area (Å²) in [6.07, 6.45) is 2.78. The highest BCUT2D eigenvalue weighted by atomic mass is 35.5. The molecule has 0 bridgehead atoms. The van der Waals surface area contributed by atoms with E-state index in [9.17, 15) is 4.79 Å². The van der Waals surface area contributed by atoms with Crippen molar-refractivity contribution in [3.63, 3.8) is 0 Å². The predicted molar refractivity (Wildman–Crippen MR) is 102 cm³/mol. The third-order valence-corrected chi connectivity index (χ3v) is 4.14. The van der Waals surface area contributed by atoms with Crippen LogP contribution in [0.4, 0.5) is 0 Å². The first-order chi connectivity index (χ1) is 11.0. The zero-order valence-corrected chi connectivity index (χ0v) is 15.2. The summed E-state index contributed by atoms with van der Waals surface area (Å²) in [5, 5.41) is 3.14. The Labute approximate surface area is 151 Å². The lowest BCUT2D eigenvalue weighted by Crippen LogP contribution is -2.52. The highest BCUT2D eigenvalue weighted by Crippen LogP contribution is 2.18. The van der Waals surface area contributed by atoms with Crippen molar-refractivity contribution in [3.05, 3.63) is 71.8 Å². The number of hydrogen-bond donors (Lipinski definition) is 2. The predicted octanol–water partition coefficient (Wildman–Crippen LogP) is 3.81. The molecule has 2 aromatic rings. The van der Waals surface area contributed by atoms with E-state index in [4.69, 9.17) is 5.73 Å². The van der Waals surface area contributed by atoms with E-state index in [1.54, 1.807) is 6.92 Å². The standard InChI is InChI=1S/C20H26N2O.ClH/c1-3-10-18(15-16-11-6-4-7-12-16)22-19(23)20(2,21)17-13-8-5-9-14-17;/h4-9,11-14,18H,3,10,15,21H2,1-2H3,(H,22,23);1H. The van der Waals surface area contributed by atoms with Gasteiger partial charge >= 0.3 is 0 Å². The maximum Gasteiger partial charge on any atom is 0.244 e. The normalized spacial score (nSPS) is 14.1. The first-order valence-corrected chi connectivity index (χ1v) is 8.23. The largest absolute Gasteiger partial charge is 0.351 e. The van der Waals surface area contributed by atoms with Crippen LogP contribution in [0, 0.1) is 0 Å². The van der Waals surface area contributed by atoms with Gasteiger partial charge < -0.3 is 11.1 Å². The van der Waals surface area contributed by atoms with E-state index in [0.29, 0.717) is 0 Å². The third-order valence-electron chi connectivity index (χ3n) is 4.14. The molecule has 0 spiro atoms. The Hall–Kier alpha value is -1.84. The highest BCUT2D eigenvalue weighted by Gasteiger charge is 2.31. The van der Waals surface area contributed by atoms with Crippen molar-refractivity contribution in [1.82, 2.24) is 5.32 Å². The van der Waals surface area contributed by atoms with Gasteiger partial charge in [-0.05, 0) is 30.9 Å². The molecule has 3 nitrogen and oxygen atoms in total. The molecule has 2 unspecified atom stereocenters. The lowest BCUT2D eigenvalue weighted by Gasteiger charge is -2.28. The van der Waals surface area contributed by atoms with E-state index in [1.165, 1.54) is 5.56 Å². The van der Waals surface area contributed by atoms with Crippen molar-refractivity contribution in [2.75, 3.05) is 0 Å². The van der Waals surface area contributed by atoms with Crippen molar-refractivity contribution >= 4 is 18.3 Å². The first kappa shape index (κ1) is 20.2. The summed E-state index contributed by atoms with van der Waals surface area (Å²) in [5.41, 5.74) is 7.34. The number of hydrogen-bond acceptors (Lipinski definition) is 2. The van der Waals surface area contributed by atoms with Crippen molar-refractivity contribution in [1.29, 1.82) is 0 Å². The quantitative estimate of drug-likeness (QED) is 0.801. The average molecular weight is 347 g/mol. The topological polar surface area (TPSA) is 55.1 Å². The molecule has 0 saturated heterocycles. The van der Waals surface area contributed by atoms with Crippen LogP contribution in [0.2, 0.25) is 0 Å². The van der Waals surface area contributed by atoms with Crippen molar-refractivity contribution < 1.29 is 4.79 Å². The number of nitrogens with two attached hydrogens (primary N) is 1. The average Bonchev–Trinajstić information content (AvgIpc) is 2.56. The van der Waals surface area contributed by atoms with Crippen LogP contribution in [0.5, 0.6) is 0 Å². The van der Waals surface area contributed by atoms with Gasteiger partial charge in [0.1, 0.15) is 5.54 Å². The Morgan fingerprint density at radius 3 is 2.17 bits per heavy atom. The van der Waals surface area contributed by atoms with Gasteiger partial charge in [0.2, 0.25) is 5.91 Å². The Balaban J connectivity index is 0.00000288. The summed E-state index contributed by atoms with van der Waals surface area (Å²) in [6.45, 7) is 3.90. The first-order valence-electron chi connectivity index (χ1n) is 8.23. The maximum atomic E-state index is 12.7. The lowest BCUT2D eigenvalue weighted by atomic mass is 9.91. The van der Waals surface area contributed by atoms with Gasteiger partial charge in [-0.2, -0.15) is 0 Å². The molecule has 2 aromatic carbocycles. The summed E-state index contributed by atoms with van der Waals surface area (Å²) in [7, 11) is 0. The molecule has 0 aliphatic carbocycles. The Morgan fingerprint density at radius 2 is 1.62 bits per heavy atom. The number of carbonyl (C=O) groups is 1. The van der Waals surface area contributed by atoms with Gasteiger partial charge in [-0.3, -0.25) is 4.79 Å². The third kappa shape index (κ3) is 5.36. The van der Waals surface area contributed by atoms with Gasteiger partial charge in [0, 0.05) is 6.04 Å². The molecule has 0 saturated carbocycles. The second-order valence-electron chi connectivity index (χ2n) is 6.22. The molecule has 24 heavy (non-hydrogen) atoms. The van der Waals surface area contributed by atoms with E-state index in [0.717, 1.165) is 24.8 Å². The summed E-state index contributed by atoms with van der Waals surface area (Å²) in [5.74, 6) is -0.127. The minimum atomic E-state index is -1.02. The minimum Gasteiger partial charge on any atom is -0.351 e. The fourth-order valence-electron chi connectivity index (χ4n) is 2.72. The van der Waals surface area contributed by atoms with Gasteiger partial charge in [0.25, 0.3) is 0 Å². The van der Waals surface area contributed by atoms with E-state index in [1.807, 2.05) is 48.5 Å². The number of rotatable bonds is 7. The Kier molecular flexibility index (Phi) is 7.96. The zero-order valence-electron chi connectivity index (χ0n) is 14.4.